The molecule has 1 unspecified atom stereocenters. The first-order valence-electron chi connectivity index (χ1n) is 6.23. The van der Waals surface area contributed by atoms with Crippen LogP contribution < -0.4 is 5.32 Å². The predicted octanol–water partition coefficient (Wildman–Crippen LogP) is 1.66. The van der Waals surface area contributed by atoms with E-state index >= 15 is 0 Å². The molecule has 0 radical (unpaired) electrons. The Balaban J connectivity index is 1.82. The summed E-state index contributed by atoms with van der Waals surface area (Å²) in [6.45, 7) is 6.62. The van der Waals surface area contributed by atoms with Gasteiger partial charge in [0.1, 0.15) is 0 Å². The number of nitrogens with one attached hydrogen (secondary N) is 1. The van der Waals surface area contributed by atoms with E-state index in [4.69, 9.17) is 0 Å². The van der Waals surface area contributed by atoms with Crippen LogP contribution in [0.3, 0.4) is 0 Å². The van der Waals surface area contributed by atoms with Gasteiger partial charge in [0.05, 0.1) is 0 Å². The van der Waals surface area contributed by atoms with E-state index in [2.05, 4.69) is 33.7 Å². The summed E-state index contributed by atoms with van der Waals surface area (Å²) in [4.78, 5) is 6.75. The molecule has 0 spiro atoms. The quantitative estimate of drug-likeness (QED) is 0.841. The minimum Gasteiger partial charge on any atom is -0.355 e. The van der Waals surface area contributed by atoms with Gasteiger partial charge >= 0.3 is 0 Å². The molecular formula is C12H22N4. The van der Waals surface area contributed by atoms with Crippen molar-refractivity contribution in [2.24, 2.45) is 5.92 Å². The van der Waals surface area contributed by atoms with Crippen molar-refractivity contribution in [1.82, 2.24) is 14.5 Å². The zero-order chi connectivity index (χ0) is 11.4. The number of nitrogens with zero attached hydrogens (tertiary/aromatic N) is 3. The van der Waals surface area contributed by atoms with Crippen LogP contribution in [0.25, 0.3) is 0 Å². The van der Waals surface area contributed by atoms with Gasteiger partial charge in [-0.05, 0) is 39.3 Å². The summed E-state index contributed by atoms with van der Waals surface area (Å²) >= 11 is 0. The molecule has 2 heterocycles. The van der Waals surface area contributed by atoms with Crippen LogP contribution in [0.5, 0.6) is 0 Å². The summed E-state index contributed by atoms with van der Waals surface area (Å²) in [5.74, 6) is 1.77. The van der Waals surface area contributed by atoms with Gasteiger partial charge in [0.25, 0.3) is 0 Å². The van der Waals surface area contributed by atoms with Crippen LogP contribution in [-0.2, 0) is 6.54 Å². The van der Waals surface area contributed by atoms with Gasteiger partial charge in [0.2, 0.25) is 5.95 Å². The largest absolute Gasteiger partial charge is 0.355 e. The summed E-state index contributed by atoms with van der Waals surface area (Å²) in [6.07, 6.45) is 6.55. The van der Waals surface area contributed by atoms with Crippen LogP contribution in [0.2, 0.25) is 0 Å². The maximum atomic E-state index is 4.33. The first kappa shape index (κ1) is 11.5. The number of hydrogen-bond donors (Lipinski definition) is 1. The van der Waals surface area contributed by atoms with E-state index in [1.165, 1.54) is 25.9 Å². The van der Waals surface area contributed by atoms with Gasteiger partial charge < -0.3 is 14.8 Å². The summed E-state index contributed by atoms with van der Waals surface area (Å²) in [5, 5.41) is 3.46. The van der Waals surface area contributed by atoms with Gasteiger partial charge in [0.15, 0.2) is 0 Å². The highest BCUT2D eigenvalue weighted by Gasteiger charge is 2.17. The van der Waals surface area contributed by atoms with E-state index in [9.17, 15) is 0 Å². The maximum absolute atomic E-state index is 4.33. The van der Waals surface area contributed by atoms with Crippen LogP contribution in [0.1, 0.15) is 19.8 Å². The second-order valence-corrected chi connectivity index (χ2v) is 4.69. The lowest BCUT2D eigenvalue weighted by atomic mass is 9.99. The average molecular weight is 222 g/mol. The molecule has 0 bridgehead atoms. The number of anilines is 1. The Morgan fingerprint density at radius 2 is 2.44 bits per heavy atom. The van der Waals surface area contributed by atoms with Crippen molar-refractivity contribution in [2.45, 2.75) is 26.3 Å². The summed E-state index contributed by atoms with van der Waals surface area (Å²) in [7, 11) is 2.21. The Labute approximate surface area is 97.7 Å². The molecule has 4 nitrogen and oxygen atoms in total. The van der Waals surface area contributed by atoms with Crippen molar-refractivity contribution in [1.29, 1.82) is 0 Å². The van der Waals surface area contributed by atoms with Crippen molar-refractivity contribution < 1.29 is 0 Å². The van der Waals surface area contributed by atoms with Gasteiger partial charge in [-0.2, -0.15) is 0 Å². The molecule has 0 saturated carbocycles. The van der Waals surface area contributed by atoms with Crippen LogP contribution in [-0.4, -0.2) is 41.1 Å². The Kier molecular flexibility index (Phi) is 3.83. The third-order valence-electron chi connectivity index (χ3n) is 3.33. The highest BCUT2D eigenvalue weighted by atomic mass is 15.2. The molecule has 1 fully saturated rings. The second-order valence-electron chi connectivity index (χ2n) is 4.69. The first-order valence-corrected chi connectivity index (χ1v) is 6.23. The van der Waals surface area contributed by atoms with Crippen molar-refractivity contribution in [3.8, 4) is 0 Å². The monoisotopic (exact) mass is 222 g/mol. The lowest BCUT2D eigenvalue weighted by Crippen LogP contribution is -2.35. The SMILES string of the molecule is CCn1ccnc1NCC1CCCN(C)C1. The molecule has 90 valence electrons. The molecule has 1 aliphatic heterocycles. The summed E-state index contributed by atoms with van der Waals surface area (Å²) in [5.41, 5.74) is 0. The number of aryl methyl sites for hydroxylation is 1. The van der Waals surface area contributed by atoms with E-state index in [0.717, 1.165) is 25.0 Å². The van der Waals surface area contributed by atoms with Crippen LogP contribution in [0, 0.1) is 5.92 Å². The lowest BCUT2D eigenvalue weighted by molar-refractivity contribution is 0.217. The molecule has 1 aromatic rings. The molecule has 1 atom stereocenters. The first-order chi connectivity index (χ1) is 7.79. The predicted molar refractivity (Wildman–Crippen MR) is 66.6 cm³/mol. The van der Waals surface area contributed by atoms with Gasteiger partial charge in [-0.3, -0.25) is 0 Å². The Morgan fingerprint density at radius 3 is 3.19 bits per heavy atom. The molecule has 2 rings (SSSR count). The number of likely N-dealkylation sites (tertiary alicyclic amines) is 1. The van der Waals surface area contributed by atoms with Gasteiger partial charge in [-0.25, -0.2) is 4.98 Å². The summed E-state index contributed by atoms with van der Waals surface area (Å²) in [6, 6.07) is 0. The van der Waals surface area contributed by atoms with Crippen molar-refractivity contribution in [3.05, 3.63) is 12.4 Å². The van der Waals surface area contributed by atoms with Gasteiger partial charge in [-0.1, -0.05) is 0 Å². The van der Waals surface area contributed by atoms with Crippen LogP contribution >= 0.6 is 0 Å². The highest BCUT2D eigenvalue weighted by Crippen LogP contribution is 2.15. The molecule has 1 aromatic heterocycles. The van der Waals surface area contributed by atoms with Crippen molar-refractivity contribution in [3.63, 3.8) is 0 Å². The molecule has 0 amide bonds. The fourth-order valence-corrected chi connectivity index (χ4v) is 2.41. The fourth-order valence-electron chi connectivity index (χ4n) is 2.41. The van der Waals surface area contributed by atoms with E-state index < -0.39 is 0 Å². The molecule has 16 heavy (non-hydrogen) atoms. The van der Waals surface area contributed by atoms with Crippen LogP contribution in [0.15, 0.2) is 12.4 Å². The summed E-state index contributed by atoms with van der Waals surface area (Å²) < 4.78 is 2.15. The number of piperidine rings is 1. The molecule has 0 aliphatic carbocycles. The van der Waals surface area contributed by atoms with Crippen molar-refractivity contribution >= 4 is 5.95 Å². The molecule has 0 aromatic carbocycles. The van der Waals surface area contributed by atoms with Crippen molar-refractivity contribution in [2.75, 3.05) is 32.0 Å². The number of rotatable bonds is 4. The Bertz CT molecular complexity index is 321. The highest BCUT2D eigenvalue weighted by molar-refractivity contribution is 5.25. The zero-order valence-electron chi connectivity index (χ0n) is 10.3. The third-order valence-corrected chi connectivity index (χ3v) is 3.33. The van der Waals surface area contributed by atoms with E-state index in [1.54, 1.807) is 0 Å². The molecule has 1 saturated heterocycles. The van der Waals surface area contributed by atoms with Gasteiger partial charge in [-0.15, -0.1) is 0 Å². The lowest BCUT2D eigenvalue weighted by Gasteiger charge is -2.29. The Hall–Kier alpha value is -1.03. The molecule has 1 N–H and O–H groups in total. The van der Waals surface area contributed by atoms with E-state index in [-0.39, 0.29) is 0 Å². The average Bonchev–Trinajstić information content (AvgIpc) is 2.74. The molecule has 4 heteroatoms. The third kappa shape index (κ3) is 2.76. The molecular weight excluding hydrogens is 200 g/mol. The maximum Gasteiger partial charge on any atom is 0.202 e. The number of imidazole rings is 1. The van der Waals surface area contributed by atoms with E-state index in [0.29, 0.717) is 0 Å². The Morgan fingerprint density at radius 1 is 1.56 bits per heavy atom. The normalized spacial score (nSPS) is 22.2. The number of hydrogen-bond acceptors (Lipinski definition) is 3. The smallest absolute Gasteiger partial charge is 0.202 e. The van der Waals surface area contributed by atoms with E-state index in [1.807, 2.05) is 12.4 Å². The van der Waals surface area contributed by atoms with Crippen LogP contribution in [0.4, 0.5) is 5.95 Å². The standard InChI is InChI=1S/C12H22N4/c1-3-16-8-6-13-12(16)14-9-11-5-4-7-15(2)10-11/h6,8,11H,3-5,7,9-10H2,1-2H3,(H,13,14). The molecule has 1 aliphatic rings. The second kappa shape index (κ2) is 5.34. The minimum absolute atomic E-state index is 0.765. The zero-order valence-corrected chi connectivity index (χ0v) is 10.3. The number of aromatic nitrogens is 2. The topological polar surface area (TPSA) is 33.1 Å². The minimum atomic E-state index is 0.765. The van der Waals surface area contributed by atoms with Gasteiger partial charge in [0, 0.05) is 32.0 Å². The fraction of sp³-hybridized carbons (Fsp3) is 0.750.